The first-order chi connectivity index (χ1) is 7.16. The predicted molar refractivity (Wildman–Crippen MR) is 52.2 cm³/mol. The Morgan fingerprint density at radius 1 is 1.27 bits per heavy atom. The molecule has 2 N–H and O–H groups in total. The van der Waals surface area contributed by atoms with Crippen LogP contribution in [-0.2, 0) is 14.4 Å². The maximum absolute atomic E-state index is 11.5. The van der Waals surface area contributed by atoms with Crippen LogP contribution < -0.4 is 5.32 Å². The molecule has 84 valence electrons. The number of hydrogen-bond donors (Lipinski definition) is 2. The number of hydrogen-bond acceptors (Lipinski definition) is 3. The van der Waals surface area contributed by atoms with E-state index in [2.05, 4.69) is 5.32 Å². The number of aliphatic carboxylic acids is 1. The summed E-state index contributed by atoms with van der Waals surface area (Å²) >= 11 is 0. The van der Waals surface area contributed by atoms with E-state index in [1.54, 1.807) is 0 Å². The van der Waals surface area contributed by atoms with Gasteiger partial charge in [0, 0.05) is 0 Å². The number of rotatable bonds is 4. The van der Waals surface area contributed by atoms with Gasteiger partial charge in [0.25, 0.3) is 0 Å². The van der Waals surface area contributed by atoms with E-state index in [0.29, 0.717) is 19.1 Å². The molecule has 1 amide bonds. The second-order valence-electron chi connectivity index (χ2n) is 3.75. The molecular formula is C10H15NO4. The lowest BCUT2D eigenvalue weighted by molar-refractivity contribution is -0.148. The summed E-state index contributed by atoms with van der Waals surface area (Å²) in [6.45, 7) is -0.0400. The van der Waals surface area contributed by atoms with Gasteiger partial charge in [0.15, 0.2) is 0 Å². The molecule has 0 aliphatic heterocycles. The van der Waals surface area contributed by atoms with Crippen molar-refractivity contribution in [3.63, 3.8) is 0 Å². The average Bonchev–Trinajstić information content (AvgIpc) is 2.25. The zero-order valence-corrected chi connectivity index (χ0v) is 8.44. The van der Waals surface area contributed by atoms with Crippen molar-refractivity contribution in [1.29, 1.82) is 0 Å². The molecule has 15 heavy (non-hydrogen) atoms. The second kappa shape index (κ2) is 5.48. The fraction of sp³-hybridized carbons (Fsp3) is 0.700. The molecule has 0 spiro atoms. The quantitative estimate of drug-likeness (QED) is 0.653. The minimum Gasteiger partial charge on any atom is -0.481 e. The maximum atomic E-state index is 11.5. The number of carboxylic acid groups (broad SMARTS) is 1. The standard InChI is InChI=1S/C10H15NO4/c12-6-5-11-9(13)7-3-1-2-4-8(7)10(14)15/h6-8H,1-5H2,(H,11,13)(H,14,15). The lowest BCUT2D eigenvalue weighted by atomic mass is 9.79. The zero-order chi connectivity index (χ0) is 11.3. The van der Waals surface area contributed by atoms with Crippen LogP contribution in [0.2, 0.25) is 0 Å². The summed E-state index contributed by atoms with van der Waals surface area (Å²) in [5.41, 5.74) is 0. The Hall–Kier alpha value is -1.39. The van der Waals surface area contributed by atoms with E-state index in [-0.39, 0.29) is 12.5 Å². The maximum Gasteiger partial charge on any atom is 0.307 e. The van der Waals surface area contributed by atoms with Crippen LogP contribution in [0.25, 0.3) is 0 Å². The molecule has 0 saturated heterocycles. The van der Waals surface area contributed by atoms with E-state index in [1.165, 1.54) is 0 Å². The lowest BCUT2D eigenvalue weighted by Crippen LogP contribution is -2.40. The van der Waals surface area contributed by atoms with Crippen LogP contribution >= 0.6 is 0 Å². The number of aldehydes is 1. The van der Waals surface area contributed by atoms with Gasteiger partial charge in [0.2, 0.25) is 5.91 Å². The summed E-state index contributed by atoms with van der Waals surface area (Å²) < 4.78 is 0. The minimum absolute atomic E-state index is 0.0400. The van der Waals surface area contributed by atoms with Crippen molar-refractivity contribution in [1.82, 2.24) is 5.32 Å². The third kappa shape index (κ3) is 3.04. The largest absolute Gasteiger partial charge is 0.481 e. The number of amides is 1. The van der Waals surface area contributed by atoms with Gasteiger partial charge in [0.05, 0.1) is 18.4 Å². The Bertz CT molecular complexity index is 264. The Balaban J connectivity index is 2.58. The van der Waals surface area contributed by atoms with Gasteiger partial charge in [-0.3, -0.25) is 9.59 Å². The number of carbonyl (C=O) groups is 3. The van der Waals surface area contributed by atoms with Gasteiger partial charge in [-0.1, -0.05) is 12.8 Å². The van der Waals surface area contributed by atoms with E-state index in [1.807, 2.05) is 0 Å². The van der Waals surface area contributed by atoms with Gasteiger partial charge in [-0.15, -0.1) is 0 Å². The summed E-state index contributed by atoms with van der Waals surface area (Å²) in [4.78, 5) is 32.5. The highest BCUT2D eigenvalue weighted by Gasteiger charge is 2.35. The molecule has 5 nitrogen and oxygen atoms in total. The molecule has 0 aromatic carbocycles. The van der Waals surface area contributed by atoms with Crippen LogP contribution in [0.3, 0.4) is 0 Å². The molecule has 2 atom stereocenters. The molecule has 0 aromatic heterocycles. The van der Waals surface area contributed by atoms with Crippen LogP contribution in [0, 0.1) is 11.8 Å². The second-order valence-corrected chi connectivity index (χ2v) is 3.75. The van der Waals surface area contributed by atoms with Crippen LogP contribution in [0.4, 0.5) is 0 Å². The monoisotopic (exact) mass is 213 g/mol. The zero-order valence-electron chi connectivity index (χ0n) is 8.44. The SMILES string of the molecule is O=CCNC(=O)C1CCCCC1C(=O)O. The van der Waals surface area contributed by atoms with Crippen LogP contribution in [-0.4, -0.2) is 29.8 Å². The first-order valence-corrected chi connectivity index (χ1v) is 5.11. The van der Waals surface area contributed by atoms with Gasteiger partial charge < -0.3 is 15.2 Å². The molecule has 1 fully saturated rings. The van der Waals surface area contributed by atoms with Crippen molar-refractivity contribution >= 4 is 18.2 Å². The molecule has 0 radical (unpaired) electrons. The highest BCUT2D eigenvalue weighted by Crippen LogP contribution is 2.30. The third-order valence-corrected chi connectivity index (χ3v) is 2.78. The number of carbonyl (C=O) groups excluding carboxylic acids is 2. The summed E-state index contributed by atoms with van der Waals surface area (Å²) in [5.74, 6) is -2.29. The highest BCUT2D eigenvalue weighted by atomic mass is 16.4. The van der Waals surface area contributed by atoms with E-state index < -0.39 is 17.8 Å². The number of nitrogens with one attached hydrogen (secondary N) is 1. The third-order valence-electron chi connectivity index (χ3n) is 2.78. The molecule has 2 unspecified atom stereocenters. The van der Waals surface area contributed by atoms with Gasteiger partial charge in [-0.05, 0) is 12.8 Å². The topological polar surface area (TPSA) is 83.5 Å². The van der Waals surface area contributed by atoms with E-state index in [4.69, 9.17) is 5.11 Å². The Morgan fingerprint density at radius 3 is 2.40 bits per heavy atom. The number of carboxylic acids is 1. The minimum atomic E-state index is -0.916. The van der Waals surface area contributed by atoms with Gasteiger partial charge in [-0.2, -0.15) is 0 Å². The Kier molecular flexibility index (Phi) is 4.27. The molecule has 0 heterocycles. The summed E-state index contributed by atoms with van der Waals surface area (Å²) in [5, 5.41) is 11.4. The molecule has 0 bridgehead atoms. The fourth-order valence-electron chi connectivity index (χ4n) is 2.01. The van der Waals surface area contributed by atoms with E-state index in [9.17, 15) is 14.4 Å². The van der Waals surface area contributed by atoms with Gasteiger partial charge >= 0.3 is 5.97 Å². The van der Waals surface area contributed by atoms with Crippen LogP contribution in [0.5, 0.6) is 0 Å². The van der Waals surface area contributed by atoms with Crippen molar-refractivity contribution < 1.29 is 19.5 Å². The normalized spacial score (nSPS) is 25.6. The summed E-state index contributed by atoms with van der Waals surface area (Å²) in [6.07, 6.45) is 3.48. The lowest BCUT2D eigenvalue weighted by Gasteiger charge is -2.27. The molecular weight excluding hydrogens is 198 g/mol. The molecule has 1 rings (SSSR count). The molecule has 1 aliphatic carbocycles. The molecule has 1 aliphatic rings. The van der Waals surface area contributed by atoms with E-state index in [0.717, 1.165) is 12.8 Å². The first-order valence-electron chi connectivity index (χ1n) is 5.11. The van der Waals surface area contributed by atoms with Crippen LogP contribution in [0.15, 0.2) is 0 Å². The van der Waals surface area contributed by atoms with Crippen molar-refractivity contribution in [3.8, 4) is 0 Å². The molecule has 1 saturated carbocycles. The molecule has 5 heteroatoms. The highest BCUT2D eigenvalue weighted by molar-refractivity contribution is 5.85. The van der Waals surface area contributed by atoms with Crippen molar-refractivity contribution in [3.05, 3.63) is 0 Å². The summed E-state index contributed by atoms with van der Waals surface area (Å²) in [6, 6.07) is 0. The van der Waals surface area contributed by atoms with Gasteiger partial charge in [-0.25, -0.2) is 0 Å². The Morgan fingerprint density at radius 2 is 1.87 bits per heavy atom. The van der Waals surface area contributed by atoms with Crippen LogP contribution in [0.1, 0.15) is 25.7 Å². The predicted octanol–water partition coefficient (Wildman–Crippen LogP) is 0.192. The average molecular weight is 213 g/mol. The van der Waals surface area contributed by atoms with E-state index >= 15 is 0 Å². The van der Waals surface area contributed by atoms with Crippen molar-refractivity contribution in [2.45, 2.75) is 25.7 Å². The van der Waals surface area contributed by atoms with Crippen molar-refractivity contribution in [2.24, 2.45) is 11.8 Å². The Labute approximate surface area is 87.8 Å². The fourth-order valence-corrected chi connectivity index (χ4v) is 2.01. The first kappa shape index (κ1) is 11.7. The van der Waals surface area contributed by atoms with Crippen molar-refractivity contribution in [2.75, 3.05) is 6.54 Å². The molecule has 0 aromatic rings. The summed E-state index contributed by atoms with van der Waals surface area (Å²) in [7, 11) is 0. The van der Waals surface area contributed by atoms with Gasteiger partial charge in [0.1, 0.15) is 6.29 Å². The smallest absolute Gasteiger partial charge is 0.307 e.